The van der Waals surface area contributed by atoms with Crippen LogP contribution in [-0.2, 0) is 25.6 Å². The fourth-order valence-corrected chi connectivity index (χ4v) is 2.03. The van der Waals surface area contributed by atoms with Crippen molar-refractivity contribution in [3.05, 3.63) is 36.2 Å². The van der Waals surface area contributed by atoms with Gasteiger partial charge in [-0.2, -0.15) is 5.10 Å². The molecule has 2 rings (SSSR count). The summed E-state index contributed by atoms with van der Waals surface area (Å²) >= 11 is 0. The van der Waals surface area contributed by atoms with Crippen LogP contribution >= 0.6 is 0 Å². The van der Waals surface area contributed by atoms with Crippen LogP contribution in [0.1, 0.15) is 25.2 Å². The number of rotatable bonds is 5. The Morgan fingerprint density at radius 1 is 1.39 bits per heavy atom. The van der Waals surface area contributed by atoms with Crippen LogP contribution in [0.3, 0.4) is 0 Å². The molecule has 5 heteroatoms. The highest BCUT2D eigenvalue weighted by molar-refractivity contribution is 5.11. The van der Waals surface area contributed by atoms with Crippen molar-refractivity contribution in [1.82, 2.24) is 24.6 Å². The first kappa shape index (κ1) is 12.8. The molecule has 2 heterocycles. The van der Waals surface area contributed by atoms with E-state index >= 15 is 0 Å². The highest BCUT2D eigenvalue weighted by Crippen LogP contribution is 2.19. The van der Waals surface area contributed by atoms with Crippen molar-refractivity contribution in [2.75, 3.05) is 7.05 Å². The SMILES string of the molecule is CNC(C)(C)c1cncn1CCc1ccnn1C. The zero-order valence-corrected chi connectivity index (χ0v) is 11.5. The van der Waals surface area contributed by atoms with Crippen LogP contribution in [0.25, 0.3) is 0 Å². The van der Waals surface area contributed by atoms with Crippen LogP contribution in [0.2, 0.25) is 0 Å². The van der Waals surface area contributed by atoms with E-state index < -0.39 is 0 Å². The van der Waals surface area contributed by atoms with Gasteiger partial charge in [-0.3, -0.25) is 4.68 Å². The van der Waals surface area contributed by atoms with Crippen molar-refractivity contribution in [2.24, 2.45) is 7.05 Å². The van der Waals surface area contributed by atoms with Crippen molar-refractivity contribution in [1.29, 1.82) is 0 Å². The molecule has 0 aromatic carbocycles. The molecular weight excluding hydrogens is 226 g/mol. The van der Waals surface area contributed by atoms with Gasteiger partial charge in [-0.25, -0.2) is 4.98 Å². The van der Waals surface area contributed by atoms with Crippen LogP contribution in [0.15, 0.2) is 24.8 Å². The molecule has 2 aromatic heterocycles. The molecule has 2 aromatic rings. The van der Waals surface area contributed by atoms with Gasteiger partial charge in [-0.1, -0.05) is 0 Å². The molecule has 0 saturated heterocycles. The van der Waals surface area contributed by atoms with E-state index in [0.29, 0.717) is 0 Å². The summed E-state index contributed by atoms with van der Waals surface area (Å²) in [6.07, 6.45) is 6.62. The average molecular weight is 247 g/mol. The predicted octanol–water partition coefficient (Wildman–Crippen LogP) is 1.31. The summed E-state index contributed by atoms with van der Waals surface area (Å²) in [5, 5.41) is 7.49. The van der Waals surface area contributed by atoms with Gasteiger partial charge in [0.1, 0.15) is 0 Å². The van der Waals surface area contributed by atoms with Crippen LogP contribution in [0, 0.1) is 0 Å². The molecule has 0 aliphatic carbocycles. The van der Waals surface area contributed by atoms with Crippen LogP contribution in [0.5, 0.6) is 0 Å². The second-order valence-corrected chi connectivity index (χ2v) is 5.04. The highest BCUT2D eigenvalue weighted by Gasteiger charge is 2.21. The fourth-order valence-electron chi connectivity index (χ4n) is 2.03. The summed E-state index contributed by atoms with van der Waals surface area (Å²) < 4.78 is 4.11. The van der Waals surface area contributed by atoms with Gasteiger partial charge in [0.2, 0.25) is 0 Å². The van der Waals surface area contributed by atoms with Crippen molar-refractivity contribution in [3.63, 3.8) is 0 Å². The lowest BCUT2D eigenvalue weighted by Gasteiger charge is -2.25. The molecule has 0 spiro atoms. The second-order valence-electron chi connectivity index (χ2n) is 5.04. The summed E-state index contributed by atoms with van der Waals surface area (Å²) in [4.78, 5) is 4.26. The number of imidazole rings is 1. The van der Waals surface area contributed by atoms with Gasteiger partial charge in [0.25, 0.3) is 0 Å². The van der Waals surface area contributed by atoms with E-state index in [2.05, 4.69) is 39.9 Å². The summed E-state index contributed by atoms with van der Waals surface area (Å²) in [6, 6.07) is 2.06. The van der Waals surface area contributed by atoms with E-state index in [4.69, 9.17) is 0 Å². The molecule has 5 nitrogen and oxygen atoms in total. The van der Waals surface area contributed by atoms with Crippen LogP contribution < -0.4 is 5.32 Å². The molecule has 0 radical (unpaired) electrons. The normalized spacial score (nSPS) is 12.0. The minimum absolute atomic E-state index is 0.0665. The first-order valence-corrected chi connectivity index (χ1v) is 6.21. The lowest BCUT2D eigenvalue weighted by Crippen LogP contribution is -2.35. The van der Waals surface area contributed by atoms with Crippen molar-refractivity contribution in [2.45, 2.75) is 32.4 Å². The first-order chi connectivity index (χ1) is 8.54. The third-order valence-corrected chi connectivity index (χ3v) is 3.51. The average Bonchev–Trinajstić information content (AvgIpc) is 2.95. The molecule has 0 atom stereocenters. The minimum Gasteiger partial charge on any atom is -0.333 e. The predicted molar refractivity (Wildman–Crippen MR) is 71.2 cm³/mol. The Labute approximate surface area is 108 Å². The molecule has 0 saturated carbocycles. The maximum Gasteiger partial charge on any atom is 0.0948 e. The number of nitrogens with zero attached hydrogens (tertiary/aromatic N) is 4. The lowest BCUT2D eigenvalue weighted by molar-refractivity contribution is 0.407. The van der Waals surface area contributed by atoms with Gasteiger partial charge in [0, 0.05) is 38.1 Å². The third kappa shape index (κ3) is 2.46. The smallest absolute Gasteiger partial charge is 0.0948 e. The van der Waals surface area contributed by atoms with Crippen molar-refractivity contribution >= 4 is 0 Å². The van der Waals surface area contributed by atoms with Gasteiger partial charge >= 0.3 is 0 Å². The molecule has 0 aliphatic rings. The van der Waals surface area contributed by atoms with Crippen molar-refractivity contribution in [3.8, 4) is 0 Å². The second kappa shape index (κ2) is 4.94. The van der Waals surface area contributed by atoms with Crippen LogP contribution in [-0.4, -0.2) is 26.4 Å². The van der Waals surface area contributed by atoms with E-state index in [9.17, 15) is 0 Å². The summed E-state index contributed by atoms with van der Waals surface area (Å²) in [5.41, 5.74) is 2.37. The molecule has 1 N–H and O–H groups in total. The number of aromatic nitrogens is 4. The molecule has 98 valence electrons. The number of nitrogens with one attached hydrogen (secondary N) is 1. The van der Waals surface area contributed by atoms with Crippen molar-refractivity contribution < 1.29 is 0 Å². The number of hydrogen-bond donors (Lipinski definition) is 1. The van der Waals surface area contributed by atoms with E-state index in [1.807, 2.05) is 37.5 Å². The first-order valence-electron chi connectivity index (χ1n) is 6.21. The number of hydrogen-bond acceptors (Lipinski definition) is 3. The fraction of sp³-hybridized carbons (Fsp3) is 0.538. The Balaban J connectivity index is 2.11. The maximum atomic E-state index is 4.26. The lowest BCUT2D eigenvalue weighted by atomic mass is 10.0. The van der Waals surface area contributed by atoms with Gasteiger partial charge in [0.15, 0.2) is 0 Å². The zero-order chi connectivity index (χ0) is 13.2. The Hall–Kier alpha value is -1.62. The van der Waals surface area contributed by atoms with E-state index in [0.717, 1.165) is 13.0 Å². The van der Waals surface area contributed by atoms with Crippen LogP contribution in [0.4, 0.5) is 0 Å². The summed E-state index contributed by atoms with van der Waals surface area (Å²) in [6.45, 7) is 5.23. The standard InChI is InChI=1S/C13H21N5/c1-13(2,14-3)12-9-15-10-18(12)8-6-11-5-7-16-17(11)4/h5,7,9-10,14H,6,8H2,1-4H3. The third-order valence-electron chi connectivity index (χ3n) is 3.51. The largest absolute Gasteiger partial charge is 0.333 e. The topological polar surface area (TPSA) is 47.7 Å². The maximum absolute atomic E-state index is 4.26. The van der Waals surface area contributed by atoms with Gasteiger partial charge < -0.3 is 9.88 Å². The minimum atomic E-state index is -0.0665. The highest BCUT2D eigenvalue weighted by atomic mass is 15.3. The quantitative estimate of drug-likeness (QED) is 0.866. The van der Waals surface area contributed by atoms with E-state index in [-0.39, 0.29) is 5.54 Å². The van der Waals surface area contributed by atoms with Gasteiger partial charge in [-0.15, -0.1) is 0 Å². The summed E-state index contributed by atoms with van der Waals surface area (Å²) in [5.74, 6) is 0. The number of aryl methyl sites for hydroxylation is 3. The molecule has 18 heavy (non-hydrogen) atoms. The molecule has 0 amide bonds. The van der Waals surface area contributed by atoms with E-state index in [1.165, 1.54) is 11.4 Å². The Morgan fingerprint density at radius 2 is 2.17 bits per heavy atom. The zero-order valence-electron chi connectivity index (χ0n) is 11.5. The molecule has 0 aliphatic heterocycles. The molecular formula is C13H21N5. The monoisotopic (exact) mass is 247 g/mol. The Morgan fingerprint density at radius 3 is 2.78 bits per heavy atom. The Bertz CT molecular complexity index is 509. The summed E-state index contributed by atoms with van der Waals surface area (Å²) in [7, 11) is 3.94. The molecule has 0 unspecified atom stereocenters. The van der Waals surface area contributed by atoms with Gasteiger partial charge in [-0.05, 0) is 27.0 Å². The Kier molecular flexibility index (Phi) is 3.52. The molecule has 0 bridgehead atoms. The molecule has 0 fully saturated rings. The van der Waals surface area contributed by atoms with Gasteiger partial charge in [0.05, 0.1) is 17.6 Å². The van der Waals surface area contributed by atoms with E-state index in [1.54, 1.807) is 0 Å².